The molecule has 10 aromatic carbocycles. The first-order valence-electron chi connectivity index (χ1n) is 27.3. The average molecular weight is 1390 g/mol. The maximum atomic E-state index is 3.70. The zero-order valence-corrected chi connectivity index (χ0v) is 50.5. The van der Waals surface area contributed by atoms with Gasteiger partial charge in [-0.1, -0.05) is 243 Å². The Balaban J connectivity index is 0.000000165. The van der Waals surface area contributed by atoms with E-state index in [9.17, 15) is 0 Å². The minimum absolute atomic E-state index is 0. The largest absolute Gasteiger partial charge is 0.492 e. The van der Waals surface area contributed by atoms with Crippen molar-refractivity contribution in [3.63, 3.8) is 0 Å². The van der Waals surface area contributed by atoms with Gasteiger partial charge in [0, 0.05) is 74.4 Å². The van der Waals surface area contributed by atoms with Crippen LogP contribution in [-0.2, 0) is 40.2 Å². The SMILES string of the molecule is CC(C)c1cccc(C(C)C)c1-c1ccc2c(c1)-c1ccc[c-]c1N1[CH-]N(c3ccccc3)C(c3ccccc3)=C21.Cc1cccc(C)c1-c1c[c-]c2c(c1)-c1ccccc1C1=C(c3ccccc3)N(c3ccccc3)[CH-]N12.[Ir].[Ir]. The first-order chi connectivity index (χ1) is 38.2. The van der Waals surface area contributed by atoms with Gasteiger partial charge in [0.25, 0.3) is 0 Å². The fourth-order valence-electron chi connectivity index (χ4n) is 12.2. The number of aryl methyl sites for hydroxylation is 2. The first-order valence-corrected chi connectivity index (χ1v) is 27.3. The number of benzene rings is 10. The molecule has 6 heteroatoms. The van der Waals surface area contributed by atoms with Gasteiger partial charge in [0.2, 0.25) is 0 Å². The molecule has 0 saturated heterocycles. The molecule has 0 spiro atoms. The third kappa shape index (κ3) is 9.48. The van der Waals surface area contributed by atoms with Gasteiger partial charge in [-0.2, -0.15) is 42.5 Å². The van der Waals surface area contributed by atoms with Crippen LogP contribution >= 0.6 is 0 Å². The summed E-state index contributed by atoms with van der Waals surface area (Å²) in [6.45, 7) is 18.0. The Morgan fingerprint density at radius 1 is 0.338 bits per heavy atom. The summed E-state index contributed by atoms with van der Waals surface area (Å²) in [5.74, 6) is 0.874. The summed E-state index contributed by atoms with van der Waals surface area (Å²) in [4.78, 5) is 9.28. The van der Waals surface area contributed by atoms with Crippen LogP contribution in [0.1, 0.15) is 84.0 Å². The van der Waals surface area contributed by atoms with Gasteiger partial charge in [-0.05, 0) is 94.5 Å². The van der Waals surface area contributed by atoms with Crippen molar-refractivity contribution >= 4 is 45.5 Å². The zero-order chi connectivity index (χ0) is 53.0. The van der Waals surface area contributed by atoms with E-state index in [1.807, 2.05) is 6.07 Å². The van der Waals surface area contributed by atoms with Crippen molar-refractivity contribution < 1.29 is 40.2 Å². The smallest absolute Gasteiger partial charge is 0.0424 e. The van der Waals surface area contributed by atoms with Crippen molar-refractivity contribution in [2.24, 2.45) is 0 Å². The number of rotatable bonds is 8. The second-order valence-corrected chi connectivity index (χ2v) is 21.3. The molecule has 0 bridgehead atoms. The van der Waals surface area contributed by atoms with E-state index in [4.69, 9.17) is 0 Å². The fourth-order valence-corrected chi connectivity index (χ4v) is 12.2. The first kappa shape index (κ1) is 54.1. The summed E-state index contributed by atoms with van der Waals surface area (Å²) < 4.78 is 0. The number of anilines is 4. The molecule has 0 N–H and O–H groups in total. The Hall–Kier alpha value is -7.82. The van der Waals surface area contributed by atoms with Crippen LogP contribution in [0.4, 0.5) is 22.7 Å². The third-order valence-corrected chi connectivity index (χ3v) is 15.7. The molecule has 2 radical (unpaired) electrons. The molecule has 4 nitrogen and oxygen atoms in total. The molecule has 0 atom stereocenters. The van der Waals surface area contributed by atoms with E-state index in [1.165, 1.54) is 112 Å². The van der Waals surface area contributed by atoms with Crippen LogP contribution in [0.15, 0.2) is 231 Å². The van der Waals surface area contributed by atoms with Crippen molar-refractivity contribution in [2.75, 3.05) is 19.6 Å². The van der Waals surface area contributed by atoms with Gasteiger partial charge in [0.05, 0.1) is 0 Å². The molecular weight excluding hydrogens is 1330 g/mol. The maximum absolute atomic E-state index is 3.70. The summed E-state index contributed by atoms with van der Waals surface area (Å²) in [5, 5.41) is 0. The van der Waals surface area contributed by atoms with E-state index in [2.05, 4.69) is 311 Å². The van der Waals surface area contributed by atoms with Crippen molar-refractivity contribution in [1.82, 2.24) is 0 Å². The number of nitrogens with zero attached hydrogens (tertiary/aromatic N) is 4. The Morgan fingerprint density at radius 3 is 1.32 bits per heavy atom. The zero-order valence-electron chi connectivity index (χ0n) is 45.7. The van der Waals surface area contributed by atoms with Crippen molar-refractivity contribution in [1.29, 1.82) is 0 Å². The van der Waals surface area contributed by atoms with Crippen LogP contribution in [0, 0.1) is 39.3 Å². The predicted molar refractivity (Wildman–Crippen MR) is 328 cm³/mol. The molecule has 0 unspecified atom stereocenters. The minimum Gasteiger partial charge on any atom is -0.492 e. The van der Waals surface area contributed by atoms with Gasteiger partial charge in [0.1, 0.15) is 0 Å². The van der Waals surface area contributed by atoms with Crippen LogP contribution < -0.4 is 19.6 Å². The number of hydrogen-bond acceptors (Lipinski definition) is 4. The van der Waals surface area contributed by atoms with Crippen molar-refractivity contribution in [2.45, 2.75) is 53.4 Å². The quantitative estimate of drug-likeness (QED) is 0.141. The minimum atomic E-state index is 0. The van der Waals surface area contributed by atoms with Gasteiger partial charge in [-0.25, -0.2) is 0 Å². The molecule has 4 aliphatic rings. The molecule has 0 aliphatic carbocycles. The van der Waals surface area contributed by atoms with E-state index in [-0.39, 0.29) is 40.2 Å². The molecule has 398 valence electrons. The fraction of sp³-hybridized carbons (Fsp3) is 0.108. The van der Waals surface area contributed by atoms with Crippen LogP contribution in [0.5, 0.6) is 0 Å². The normalized spacial score (nSPS) is 13.6. The monoisotopic (exact) mass is 1390 g/mol. The van der Waals surface area contributed by atoms with E-state index in [1.54, 1.807) is 0 Å². The number of fused-ring (bicyclic) bond motifs is 12. The van der Waals surface area contributed by atoms with Crippen molar-refractivity contribution in [3.05, 3.63) is 300 Å². The standard InChI is InChI=1S/C39H34N2.C35H26N2.2Ir/c1-26(2)31-19-13-20-32(27(3)4)37(31)29-22-23-34-35(24-29)33-18-11-12-21-36(33)41-25-40(30-16-9-6-10-17-30)38(39(34)41)28-14-7-5-8-15-28;1-24-12-11-13-25(2)33(24)27-20-21-32-31(22-27)29-18-9-10-19-30(29)35-34(26-14-5-3-6-15-26)36(23-37(32)35)28-16-7-4-8-17-28;;/h5-20,22-27H,1-4H3;3-20,22-23H,1-2H3;;/q2*-2;;. The molecule has 0 aromatic heterocycles. The average Bonchev–Trinajstić information content (AvgIpc) is 3.36. The summed E-state index contributed by atoms with van der Waals surface area (Å²) in [6, 6.07) is 90.0. The van der Waals surface area contributed by atoms with E-state index in [0.29, 0.717) is 11.8 Å². The predicted octanol–water partition coefficient (Wildman–Crippen LogP) is 19.1. The molecule has 4 aliphatic heterocycles. The summed E-state index contributed by atoms with van der Waals surface area (Å²) in [5.41, 5.74) is 29.5. The topological polar surface area (TPSA) is 13.0 Å². The van der Waals surface area contributed by atoms with Gasteiger partial charge >= 0.3 is 0 Å². The Kier molecular flexibility index (Phi) is 15.4. The Bertz CT molecular complexity index is 3910. The van der Waals surface area contributed by atoms with Crippen LogP contribution in [-0.4, -0.2) is 0 Å². The Morgan fingerprint density at radius 2 is 0.787 bits per heavy atom. The number of hydrogen-bond donors (Lipinski definition) is 0. The molecule has 10 aromatic rings. The van der Waals surface area contributed by atoms with Crippen molar-refractivity contribution in [3.8, 4) is 44.5 Å². The summed E-state index contributed by atoms with van der Waals surface area (Å²) >= 11 is 0. The summed E-state index contributed by atoms with van der Waals surface area (Å²) in [6.07, 6.45) is 0. The van der Waals surface area contributed by atoms with Crippen LogP contribution in [0.3, 0.4) is 0 Å². The second-order valence-electron chi connectivity index (χ2n) is 21.3. The van der Waals surface area contributed by atoms with Gasteiger partial charge in [-0.15, -0.1) is 30.0 Å². The van der Waals surface area contributed by atoms with E-state index >= 15 is 0 Å². The van der Waals surface area contributed by atoms with E-state index < -0.39 is 0 Å². The third-order valence-electron chi connectivity index (χ3n) is 15.7. The maximum Gasteiger partial charge on any atom is 0.0424 e. The molecule has 0 amide bonds. The van der Waals surface area contributed by atoms with Crippen LogP contribution in [0.25, 0.3) is 67.3 Å². The molecule has 0 saturated carbocycles. The van der Waals surface area contributed by atoms with Crippen LogP contribution in [0.2, 0.25) is 0 Å². The summed E-state index contributed by atoms with van der Waals surface area (Å²) in [7, 11) is 0. The van der Waals surface area contributed by atoms with Gasteiger partial charge in [-0.3, -0.25) is 0 Å². The molecular formula is C74H60Ir2N4-4. The number of para-hydroxylation sites is 3. The second kappa shape index (κ2) is 22.7. The molecule has 4 heterocycles. The molecule has 0 fully saturated rings. The van der Waals surface area contributed by atoms with Gasteiger partial charge in [0.15, 0.2) is 0 Å². The van der Waals surface area contributed by atoms with Gasteiger partial charge < -0.3 is 19.6 Å². The van der Waals surface area contributed by atoms with E-state index in [0.717, 1.165) is 22.7 Å². The Labute approximate surface area is 500 Å². The molecule has 80 heavy (non-hydrogen) atoms. The molecule has 14 rings (SSSR count).